The number of nitrogen functional groups attached to an aromatic ring is 1. The molecule has 0 saturated carbocycles. The number of fused-ring (bicyclic) bond motifs is 3. The topological polar surface area (TPSA) is 99.9 Å². The molecular formula is C21H24N2O5. The van der Waals surface area contributed by atoms with Gasteiger partial charge in [0.05, 0.1) is 33.1 Å². The van der Waals surface area contributed by atoms with Crippen molar-refractivity contribution in [2.45, 2.75) is 25.8 Å². The highest BCUT2D eigenvalue weighted by Crippen LogP contribution is 2.50. The zero-order chi connectivity index (χ0) is 20.4. The third-order valence-electron chi connectivity index (χ3n) is 4.95. The van der Waals surface area contributed by atoms with E-state index < -0.39 is 0 Å². The molecule has 2 aromatic rings. The number of rotatable bonds is 4. The van der Waals surface area contributed by atoms with E-state index in [-0.39, 0.29) is 23.1 Å². The van der Waals surface area contributed by atoms with Crippen molar-refractivity contribution in [3.8, 4) is 28.4 Å². The lowest BCUT2D eigenvalue weighted by molar-refractivity contribution is -0.119. The van der Waals surface area contributed by atoms with Gasteiger partial charge in [-0.3, -0.25) is 9.59 Å². The van der Waals surface area contributed by atoms with Crippen LogP contribution in [0.4, 0.5) is 5.69 Å². The number of anilines is 1. The van der Waals surface area contributed by atoms with Crippen LogP contribution in [0.1, 0.15) is 30.5 Å². The maximum atomic E-state index is 12.4. The average molecular weight is 384 g/mol. The number of carbonyl (C=O) groups is 1. The van der Waals surface area contributed by atoms with Crippen LogP contribution in [0.25, 0.3) is 11.1 Å². The lowest BCUT2D eigenvalue weighted by Crippen LogP contribution is -2.26. The van der Waals surface area contributed by atoms with Gasteiger partial charge in [-0.2, -0.15) is 0 Å². The maximum absolute atomic E-state index is 12.4. The zero-order valence-corrected chi connectivity index (χ0v) is 16.4. The largest absolute Gasteiger partial charge is 0.493 e. The smallest absolute Gasteiger partial charge is 0.217 e. The van der Waals surface area contributed by atoms with Gasteiger partial charge in [0.15, 0.2) is 11.5 Å². The van der Waals surface area contributed by atoms with Crippen molar-refractivity contribution in [2.75, 3.05) is 27.1 Å². The van der Waals surface area contributed by atoms with E-state index in [0.717, 1.165) is 16.7 Å². The summed E-state index contributed by atoms with van der Waals surface area (Å²) in [6.07, 6.45) is 1.26. The number of hydrogen-bond donors (Lipinski definition) is 2. The summed E-state index contributed by atoms with van der Waals surface area (Å²) in [6, 6.07) is 6.44. The third-order valence-corrected chi connectivity index (χ3v) is 4.95. The van der Waals surface area contributed by atoms with Gasteiger partial charge in [-0.25, -0.2) is 0 Å². The lowest BCUT2D eigenvalue weighted by Gasteiger charge is -2.19. The fourth-order valence-electron chi connectivity index (χ4n) is 3.72. The molecule has 0 fully saturated rings. The molecule has 0 radical (unpaired) electrons. The molecule has 0 saturated heterocycles. The van der Waals surface area contributed by atoms with Crippen molar-refractivity contribution in [1.29, 1.82) is 0 Å². The molecule has 0 spiro atoms. The molecule has 3 rings (SSSR count). The molecule has 3 N–H and O–H groups in total. The molecule has 1 amide bonds. The van der Waals surface area contributed by atoms with Crippen LogP contribution in [0.5, 0.6) is 17.2 Å². The second-order valence-electron chi connectivity index (χ2n) is 6.64. The Kier molecular flexibility index (Phi) is 5.44. The predicted octanol–water partition coefficient (Wildman–Crippen LogP) is 2.45. The van der Waals surface area contributed by atoms with E-state index in [9.17, 15) is 9.59 Å². The standard InChI is InChI=1S/C21H24N2O5/c1-11(24)23-16-8-5-12-9-18(26-2)20(27-3)21(28-4)19(12)13-6-7-15(22)17(25)10-14(13)16/h6-7,9-10,16H,5,8H2,1-4H3,(H2,22,25)(H,23,24)/t16-/m0/s1. The Labute approximate surface area is 163 Å². The molecule has 0 aliphatic heterocycles. The lowest BCUT2D eigenvalue weighted by atomic mass is 9.95. The van der Waals surface area contributed by atoms with E-state index in [1.807, 2.05) is 6.07 Å². The Morgan fingerprint density at radius 1 is 1.11 bits per heavy atom. The summed E-state index contributed by atoms with van der Waals surface area (Å²) in [5, 5.41) is 2.95. The highest BCUT2D eigenvalue weighted by Gasteiger charge is 2.29. The minimum Gasteiger partial charge on any atom is -0.493 e. The number of benzene rings is 1. The van der Waals surface area contributed by atoms with E-state index in [4.69, 9.17) is 19.9 Å². The van der Waals surface area contributed by atoms with E-state index in [1.54, 1.807) is 33.5 Å². The molecule has 1 aliphatic carbocycles. The number of aryl methyl sites for hydroxylation is 1. The van der Waals surface area contributed by atoms with Crippen molar-refractivity contribution >= 4 is 11.6 Å². The number of carbonyl (C=O) groups excluding carboxylic acids is 1. The van der Waals surface area contributed by atoms with Crippen molar-refractivity contribution in [1.82, 2.24) is 5.32 Å². The molecule has 148 valence electrons. The van der Waals surface area contributed by atoms with Crippen LogP contribution < -0.4 is 30.7 Å². The summed E-state index contributed by atoms with van der Waals surface area (Å²) in [5.74, 6) is 1.37. The summed E-state index contributed by atoms with van der Waals surface area (Å²) in [4.78, 5) is 24.2. The van der Waals surface area contributed by atoms with Crippen LogP contribution in [0, 0.1) is 0 Å². The first kappa shape index (κ1) is 19.5. The first-order valence-electron chi connectivity index (χ1n) is 8.94. The Balaban J connectivity index is 2.41. The number of nitrogens with two attached hydrogens (primary N) is 1. The van der Waals surface area contributed by atoms with Crippen molar-refractivity contribution < 1.29 is 19.0 Å². The summed E-state index contributed by atoms with van der Waals surface area (Å²) >= 11 is 0. The van der Waals surface area contributed by atoms with E-state index in [2.05, 4.69) is 5.32 Å². The van der Waals surface area contributed by atoms with Gasteiger partial charge in [0.25, 0.3) is 0 Å². The zero-order valence-electron chi connectivity index (χ0n) is 16.4. The Morgan fingerprint density at radius 3 is 2.43 bits per heavy atom. The number of methoxy groups -OCH3 is 3. The molecular weight excluding hydrogens is 360 g/mol. The van der Waals surface area contributed by atoms with Gasteiger partial charge >= 0.3 is 0 Å². The number of ether oxygens (including phenoxy) is 3. The Hall–Kier alpha value is -3.22. The Morgan fingerprint density at radius 2 is 1.82 bits per heavy atom. The molecule has 2 aromatic carbocycles. The SMILES string of the molecule is COc1cc2c(c(OC)c1OC)-c1ccc(N)c(=O)cc1[C@@H](NC(C)=O)CC2. The van der Waals surface area contributed by atoms with Gasteiger partial charge in [-0.1, -0.05) is 6.07 Å². The summed E-state index contributed by atoms with van der Waals surface area (Å²) in [7, 11) is 4.67. The first-order valence-corrected chi connectivity index (χ1v) is 8.94. The maximum Gasteiger partial charge on any atom is 0.217 e. The number of amides is 1. The monoisotopic (exact) mass is 384 g/mol. The first-order chi connectivity index (χ1) is 13.4. The highest BCUT2D eigenvalue weighted by molar-refractivity contribution is 5.83. The summed E-state index contributed by atoms with van der Waals surface area (Å²) < 4.78 is 16.7. The molecule has 7 nitrogen and oxygen atoms in total. The van der Waals surface area contributed by atoms with Crippen LogP contribution >= 0.6 is 0 Å². The van der Waals surface area contributed by atoms with Gasteiger partial charge in [-0.15, -0.1) is 0 Å². The van der Waals surface area contributed by atoms with Gasteiger partial charge in [0.2, 0.25) is 17.1 Å². The van der Waals surface area contributed by atoms with Gasteiger partial charge < -0.3 is 25.3 Å². The van der Waals surface area contributed by atoms with Crippen molar-refractivity contribution in [3.63, 3.8) is 0 Å². The molecule has 0 heterocycles. The summed E-state index contributed by atoms with van der Waals surface area (Å²) in [5.41, 5.74) is 8.95. The highest BCUT2D eigenvalue weighted by atomic mass is 16.5. The third kappa shape index (κ3) is 3.35. The minimum absolute atomic E-state index is 0.135. The van der Waals surface area contributed by atoms with Gasteiger partial charge in [-0.05, 0) is 47.7 Å². The van der Waals surface area contributed by atoms with E-state index in [1.165, 1.54) is 13.0 Å². The van der Waals surface area contributed by atoms with Crippen LogP contribution in [0.2, 0.25) is 0 Å². The van der Waals surface area contributed by atoms with Crippen molar-refractivity contribution in [2.24, 2.45) is 0 Å². The summed E-state index contributed by atoms with van der Waals surface area (Å²) in [6.45, 7) is 1.46. The molecule has 1 aliphatic rings. The molecule has 1 atom stereocenters. The average Bonchev–Trinajstić information content (AvgIpc) is 2.90. The predicted molar refractivity (Wildman–Crippen MR) is 107 cm³/mol. The van der Waals surface area contributed by atoms with Crippen LogP contribution in [-0.4, -0.2) is 27.2 Å². The van der Waals surface area contributed by atoms with Crippen molar-refractivity contribution in [3.05, 3.63) is 45.6 Å². The van der Waals surface area contributed by atoms with E-state index >= 15 is 0 Å². The normalized spacial score (nSPS) is 14.9. The van der Waals surface area contributed by atoms with Gasteiger partial charge in [0.1, 0.15) is 0 Å². The Bertz CT molecular complexity index is 987. The van der Waals surface area contributed by atoms with Crippen LogP contribution in [0.3, 0.4) is 0 Å². The second-order valence-corrected chi connectivity index (χ2v) is 6.64. The quantitative estimate of drug-likeness (QED) is 0.840. The molecule has 0 unspecified atom stereocenters. The molecule has 0 aromatic heterocycles. The van der Waals surface area contributed by atoms with Crippen LogP contribution in [0.15, 0.2) is 29.1 Å². The fourth-order valence-corrected chi connectivity index (χ4v) is 3.72. The molecule has 28 heavy (non-hydrogen) atoms. The molecule has 7 heteroatoms. The van der Waals surface area contributed by atoms with E-state index in [0.29, 0.717) is 35.7 Å². The minimum atomic E-state index is -0.332. The number of nitrogens with one attached hydrogen (secondary N) is 1. The van der Waals surface area contributed by atoms with Gasteiger partial charge in [0, 0.05) is 12.5 Å². The number of hydrogen-bond acceptors (Lipinski definition) is 6. The molecule has 0 bridgehead atoms. The van der Waals surface area contributed by atoms with Crippen LogP contribution in [-0.2, 0) is 11.2 Å². The second kappa shape index (κ2) is 7.80. The fraction of sp³-hybridized carbons (Fsp3) is 0.333.